The van der Waals surface area contributed by atoms with Crippen LogP contribution in [0.4, 0.5) is 0 Å². The van der Waals surface area contributed by atoms with Crippen molar-refractivity contribution in [1.82, 2.24) is 9.97 Å². The van der Waals surface area contributed by atoms with Crippen LogP contribution < -0.4 is 9.30 Å². The predicted octanol–water partition coefficient (Wildman–Crippen LogP) is 5.51. The minimum absolute atomic E-state index is 0.268. The second-order valence-electron chi connectivity index (χ2n) is 10.5. The third-order valence-corrected chi connectivity index (χ3v) is 8.37. The average molecular weight is 591 g/mol. The van der Waals surface area contributed by atoms with E-state index >= 15 is 0 Å². The molecule has 0 saturated heterocycles. The van der Waals surface area contributed by atoms with Crippen LogP contribution in [0.15, 0.2) is 85.5 Å². The number of rotatable bonds is 20. The van der Waals surface area contributed by atoms with Crippen molar-refractivity contribution in [3.63, 3.8) is 0 Å². The van der Waals surface area contributed by atoms with Gasteiger partial charge in [0.1, 0.15) is 12.7 Å². The van der Waals surface area contributed by atoms with Crippen molar-refractivity contribution >= 4 is 21.6 Å². The van der Waals surface area contributed by atoms with Gasteiger partial charge in [-0.15, -0.1) is 0 Å². The van der Waals surface area contributed by atoms with Crippen molar-refractivity contribution in [2.75, 3.05) is 37.9 Å². The highest BCUT2D eigenvalue weighted by molar-refractivity contribution is 7.85. The monoisotopic (exact) mass is 590 g/mol. The molecule has 0 saturated carbocycles. The lowest BCUT2D eigenvalue weighted by atomic mass is 10.00. The average Bonchev–Trinajstić information content (AvgIpc) is 3.02. The molecule has 2 aromatic carbocycles. The fourth-order valence-corrected chi connectivity index (χ4v) is 5.79. The van der Waals surface area contributed by atoms with E-state index in [9.17, 15) is 4.21 Å². The Morgan fingerprint density at radius 1 is 0.810 bits per heavy atom. The van der Waals surface area contributed by atoms with Crippen LogP contribution in [0.5, 0.6) is 6.01 Å². The number of aryl methyl sites for hydroxylation is 2. The maximum atomic E-state index is 12.8. The van der Waals surface area contributed by atoms with Gasteiger partial charge in [0.15, 0.2) is 18.9 Å². The van der Waals surface area contributed by atoms with Gasteiger partial charge in [-0.3, -0.25) is 4.21 Å². The number of hydrogen-bond donors (Lipinski definition) is 0. The van der Waals surface area contributed by atoms with Crippen LogP contribution in [0.1, 0.15) is 43.7 Å². The molecule has 0 amide bonds. The molecule has 0 spiro atoms. The lowest BCUT2D eigenvalue weighted by Crippen LogP contribution is -2.35. The number of benzene rings is 2. The second-order valence-corrected chi connectivity index (χ2v) is 12.1. The van der Waals surface area contributed by atoms with Gasteiger partial charge in [-0.25, -0.2) is 14.5 Å². The molecular formula is C34H44N3O4S+. The Bertz CT molecular complexity index is 1340. The summed E-state index contributed by atoms with van der Waals surface area (Å²) in [7, 11) is -1.12. The van der Waals surface area contributed by atoms with Gasteiger partial charge in [-0.2, -0.15) is 0 Å². The minimum atomic E-state index is -1.12. The molecule has 0 aliphatic heterocycles. The van der Waals surface area contributed by atoms with Gasteiger partial charge in [0.05, 0.1) is 19.0 Å². The second kappa shape index (κ2) is 18.4. The summed E-state index contributed by atoms with van der Waals surface area (Å²) in [5.41, 5.74) is 2.73. The van der Waals surface area contributed by atoms with Crippen LogP contribution in [0.3, 0.4) is 0 Å². The first-order valence-electron chi connectivity index (χ1n) is 15.1. The fraction of sp³-hybridized carbons (Fsp3) is 0.441. The summed E-state index contributed by atoms with van der Waals surface area (Å²) in [6.45, 7) is 4.93. The van der Waals surface area contributed by atoms with Gasteiger partial charge >= 0.3 is 6.01 Å². The van der Waals surface area contributed by atoms with Gasteiger partial charge in [0.2, 0.25) is 0 Å². The molecule has 0 fully saturated rings. The van der Waals surface area contributed by atoms with Crippen molar-refractivity contribution in [3.8, 4) is 6.01 Å². The Morgan fingerprint density at radius 2 is 1.52 bits per heavy atom. The molecule has 0 N–H and O–H groups in total. The minimum Gasteiger partial charge on any atom is -0.457 e. The summed E-state index contributed by atoms with van der Waals surface area (Å²) in [5, 5.41) is 2.59. The van der Waals surface area contributed by atoms with Gasteiger partial charge in [0.25, 0.3) is 0 Å². The third kappa shape index (κ3) is 11.6. The summed E-state index contributed by atoms with van der Waals surface area (Å²) in [6, 6.07) is 21.5. The first-order chi connectivity index (χ1) is 20.7. The van der Waals surface area contributed by atoms with Crippen molar-refractivity contribution < 1.29 is 23.0 Å². The molecule has 0 aliphatic carbocycles. The van der Waals surface area contributed by atoms with Crippen LogP contribution in [0.2, 0.25) is 0 Å². The summed E-state index contributed by atoms with van der Waals surface area (Å²) < 4.78 is 32.5. The van der Waals surface area contributed by atoms with E-state index in [1.165, 1.54) is 41.2 Å². The number of hydrogen-bond acceptors (Lipinski definition) is 6. The van der Waals surface area contributed by atoms with E-state index in [1.54, 1.807) is 18.5 Å². The van der Waals surface area contributed by atoms with E-state index < -0.39 is 16.9 Å². The molecule has 4 aromatic rings. The van der Waals surface area contributed by atoms with Crippen molar-refractivity contribution in [2.24, 2.45) is 0 Å². The highest BCUT2D eigenvalue weighted by Gasteiger charge is 2.17. The van der Waals surface area contributed by atoms with E-state index in [0.29, 0.717) is 37.9 Å². The fourth-order valence-electron chi connectivity index (χ4n) is 4.74. The lowest BCUT2D eigenvalue weighted by molar-refractivity contribution is -0.698. The van der Waals surface area contributed by atoms with Crippen LogP contribution >= 0.6 is 0 Å². The Hall–Kier alpha value is -3.20. The van der Waals surface area contributed by atoms with Crippen LogP contribution in [0, 0.1) is 0 Å². The van der Waals surface area contributed by atoms with E-state index in [0.717, 1.165) is 25.8 Å². The number of aromatic nitrogens is 3. The molecule has 0 radical (unpaired) electrons. The zero-order valence-corrected chi connectivity index (χ0v) is 25.6. The van der Waals surface area contributed by atoms with Gasteiger partial charge in [-0.1, -0.05) is 62.2 Å². The lowest BCUT2D eigenvalue weighted by Gasteiger charge is -2.17. The van der Waals surface area contributed by atoms with Crippen LogP contribution in [-0.4, -0.2) is 58.2 Å². The molecule has 4 rings (SSSR count). The number of fused-ring (bicyclic) bond motifs is 1. The number of unbranched alkanes of at least 4 members (excludes halogenated alkanes) is 2. The third-order valence-electron chi connectivity index (χ3n) is 7.01. The molecule has 8 heteroatoms. The quantitative estimate of drug-likeness (QED) is 0.0998. The molecule has 42 heavy (non-hydrogen) atoms. The van der Waals surface area contributed by atoms with Crippen LogP contribution in [0.25, 0.3) is 10.8 Å². The van der Waals surface area contributed by atoms with Gasteiger partial charge in [-0.05, 0) is 53.6 Å². The maximum absolute atomic E-state index is 12.8. The highest BCUT2D eigenvalue weighted by Crippen LogP contribution is 2.20. The first kappa shape index (κ1) is 31.7. The normalized spacial score (nSPS) is 12.8. The SMILES string of the molecule is CCCCCc1ccc2cc(CCCOCC(CS(=O)CCOCC[n+]3ccccc3)Oc3ncccn3)ccc2c1. The summed E-state index contributed by atoms with van der Waals surface area (Å²) >= 11 is 0. The van der Waals surface area contributed by atoms with Crippen molar-refractivity contribution in [3.05, 3.63) is 96.6 Å². The number of ether oxygens (including phenoxy) is 3. The van der Waals surface area contributed by atoms with Gasteiger partial charge < -0.3 is 14.2 Å². The maximum Gasteiger partial charge on any atom is 0.316 e. The standard InChI is InChI=1S/C34H44N3O4S/c1-2-3-5-10-29-12-14-32-26-30(13-15-31(32)25-29)11-8-21-40-27-33(41-34-35-16-9-17-36-34)28-42(38)24-23-39-22-20-37-18-6-4-7-19-37/h4,6-7,9,12-19,25-26,33H,2-3,5,8,10-11,20-24,27-28H2,1H3/q+1. The van der Waals surface area contributed by atoms with E-state index in [2.05, 4.69) is 57.9 Å². The first-order valence-corrected chi connectivity index (χ1v) is 16.6. The predicted molar refractivity (Wildman–Crippen MR) is 168 cm³/mol. The van der Waals surface area contributed by atoms with Crippen LogP contribution in [-0.2, 0) is 39.7 Å². The zero-order valence-electron chi connectivity index (χ0n) is 24.7. The van der Waals surface area contributed by atoms with Crippen molar-refractivity contribution in [2.45, 2.75) is 58.1 Å². The smallest absolute Gasteiger partial charge is 0.316 e. The summed E-state index contributed by atoms with van der Waals surface area (Å²) in [5.74, 6) is 0.775. The van der Waals surface area contributed by atoms with E-state index in [-0.39, 0.29) is 6.01 Å². The Kier molecular flexibility index (Phi) is 13.9. The molecule has 2 atom stereocenters. The van der Waals surface area contributed by atoms with E-state index in [4.69, 9.17) is 14.2 Å². The molecular weight excluding hydrogens is 546 g/mol. The zero-order chi connectivity index (χ0) is 29.2. The molecule has 2 aromatic heterocycles. The topological polar surface area (TPSA) is 74.4 Å². The Morgan fingerprint density at radius 3 is 2.24 bits per heavy atom. The molecule has 224 valence electrons. The largest absolute Gasteiger partial charge is 0.457 e. The van der Waals surface area contributed by atoms with Gasteiger partial charge in [0, 0.05) is 47.7 Å². The Labute approximate surface area is 252 Å². The molecule has 0 bridgehead atoms. The summed E-state index contributed by atoms with van der Waals surface area (Å²) in [6.07, 6.45) is 13.6. The number of pyridine rings is 1. The van der Waals surface area contributed by atoms with E-state index in [1.807, 2.05) is 30.6 Å². The molecule has 2 unspecified atom stereocenters. The number of nitrogens with zero attached hydrogens (tertiary/aromatic N) is 3. The molecule has 2 heterocycles. The molecule has 7 nitrogen and oxygen atoms in total. The Balaban J connectivity index is 1.18. The molecule has 0 aliphatic rings. The summed E-state index contributed by atoms with van der Waals surface area (Å²) in [4.78, 5) is 8.32. The highest BCUT2D eigenvalue weighted by atomic mass is 32.2. The van der Waals surface area contributed by atoms with Crippen molar-refractivity contribution in [1.29, 1.82) is 0 Å².